The zero-order chi connectivity index (χ0) is 17.2. The maximum Gasteiger partial charge on any atom is 0.230 e. The molecule has 1 saturated carbocycles. The van der Waals surface area contributed by atoms with E-state index in [1.54, 1.807) is 32.4 Å². The molecule has 0 bridgehead atoms. The Bertz CT molecular complexity index is 590. The highest BCUT2D eigenvalue weighted by Gasteiger charge is 2.52. The van der Waals surface area contributed by atoms with E-state index in [9.17, 15) is 9.18 Å². The molecule has 132 valence electrons. The van der Waals surface area contributed by atoms with Crippen LogP contribution in [0.5, 0.6) is 0 Å². The van der Waals surface area contributed by atoms with E-state index in [0.717, 1.165) is 0 Å². The molecule has 5 nitrogen and oxygen atoms in total. The van der Waals surface area contributed by atoms with Gasteiger partial charge in [0.25, 0.3) is 0 Å². The maximum atomic E-state index is 14.1. The van der Waals surface area contributed by atoms with Crippen LogP contribution in [0.3, 0.4) is 0 Å². The minimum atomic E-state index is -0.718. The van der Waals surface area contributed by atoms with Crippen molar-refractivity contribution in [2.24, 2.45) is 5.92 Å². The third kappa shape index (κ3) is 3.18. The summed E-state index contributed by atoms with van der Waals surface area (Å²) in [5.41, 5.74) is -0.232. The fraction of sp³-hybridized carbons (Fsp3) is 0.611. The molecule has 1 N–H and O–H groups in total. The lowest BCUT2D eigenvalue weighted by Gasteiger charge is -2.36. The average Bonchev–Trinajstić information content (AvgIpc) is 3.41. The number of amides is 1. The van der Waals surface area contributed by atoms with Crippen molar-refractivity contribution in [3.05, 3.63) is 35.6 Å². The first-order valence-electron chi connectivity index (χ1n) is 8.29. The number of hydrogen-bond acceptors (Lipinski definition) is 4. The average molecular weight is 337 g/mol. The Kier molecular flexibility index (Phi) is 5.18. The normalized spacial score (nSPS) is 28.4. The van der Waals surface area contributed by atoms with Crippen molar-refractivity contribution in [1.82, 2.24) is 5.32 Å². The number of rotatable bonds is 6. The minimum Gasteiger partial charge on any atom is -0.378 e. The molecular weight excluding hydrogens is 313 g/mol. The van der Waals surface area contributed by atoms with E-state index in [1.165, 1.54) is 6.07 Å². The van der Waals surface area contributed by atoms with Crippen LogP contribution in [-0.2, 0) is 24.4 Å². The predicted octanol–water partition coefficient (Wildman–Crippen LogP) is 1.65. The lowest BCUT2D eigenvalue weighted by atomic mass is 9.92. The van der Waals surface area contributed by atoms with Gasteiger partial charge in [-0.3, -0.25) is 4.79 Å². The molecule has 0 aromatic heterocycles. The molecule has 1 aromatic rings. The van der Waals surface area contributed by atoms with Crippen LogP contribution in [0, 0.1) is 11.7 Å². The van der Waals surface area contributed by atoms with Crippen LogP contribution >= 0.6 is 0 Å². The molecule has 6 heteroatoms. The highest BCUT2D eigenvalue weighted by Crippen LogP contribution is 2.49. The summed E-state index contributed by atoms with van der Waals surface area (Å²) in [4.78, 5) is 12.7. The van der Waals surface area contributed by atoms with Gasteiger partial charge in [0.15, 0.2) is 0 Å². The van der Waals surface area contributed by atoms with Gasteiger partial charge in [-0.1, -0.05) is 18.2 Å². The zero-order valence-electron chi connectivity index (χ0n) is 14.1. The second-order valence-electron chi connectivity index (χ2n) is 6.54. The van der Waals surface area contributed by atoms with E-state index in [0.29, 0.717) is 38.2 Å². The van der Waals surface area contributed by atoms with Crippen molar-refractivity contribution in [3.8, 4) is 0 Å². The molecule has 3 atom stereocenters. The fourth-order valence-electron chi connectivity index (χ4n) is 3.54. The number of methoxy groups -OCH3 is 2. The molecule has 1 amide bonds. The van der Waals surface area contributed by atoms with E-state index >= 15 is 0 Å². The van der Waals surface area contributed by atoms with E-state index in [4.69, 9.17) is 14.2 Å². The van der Waals surface area contributed by atoms with Crippen LogP contribution in [0.4, 0.5) is 4.39 Å². The smallest absolute Gasteiger partial charge is 0.230 e. The molecule has 2 aliphatic rings. The number of carbonyl (C=O) groups is 1. The molecule has 0 unspecified atom stereocenters. The lowest BCUT2D eigenvalue weighted by molar-refractivity contribution is -0.147. The molecule has 1 aliphatic heterocycles. The fourth-order valence-corrected chi connectivity index (χ4v) is 3.54. The third-order valence-corrected chi connectivity index (χ3v) is 5.12. The Hall–Kier alpha value is -1.50. The first-order valence-corrected chi connectivity index (χ1v) is 8.29. The van der Waals surface area contributed by atoms with Gasteiger partial charge in [0, 0.05) is 32.2 Å². The van der Waals surface area contributed by atoms with Gasteiger partial charge in [-0.25, -0.2) is 4.39 Å². The molecule has 3 rings (SSSR count). The third-order valence-electron chi connectivity index (χ3n) is 5.12. The number of carbonyl (C=O) groups excluding carboxylic acids is 1. The first kappa shape index (κ1) is 17.3. The largest absolute Gasteiger partial charge is 0.378 e. The van der Waals surface area contributed by atoms with Gasteiger partial charge >= 0.3 is 0 Å². The van der Waals surface area contributed by atoms with Gasteiger partial charge < -0.3 is 19.5 Å². The lowest BCUT2D eigenvalue weighted by Crippen LogP contribution is -2.51. The molecule has 1 aliphatic carbocycles. The second-order valence-corrected chi connectivity index (χ2v) is 6.54. The molecule has 2 fully saturated rings. The second kappa shape index (κ2) is 7.17. The van der Waals surface area contributed by atoms with Crippen LogP contribution < -0.4 is 5.32 Å². The van der Waals surface area contributed by atoms with E-state index in [1.807, 2.05) is 0 Å². The van der Waals surface area contributed by atoms with Crippen molar-refractivity contribution in [3.63, 3.8) is 0 Å². The summed E-state index contributed by atoms with van der Waals surface area (Å²) >= 11 is 0. The number of hydrogen-bond donors (Lipinski definition) is 1. The topological polar surface area (TPSA) is 56.8 Å². The first-order chi connectivity index (χ1) is 11.6. The number of benzene rings is 1. The van der Waals surface area contributed by atoms with Crippen molar-refractivity contribution < 1.29 is 23.4 Å². The summed E-state index contributed by atoms with van der Waals surface area (Å²) in [6.07, 6.45) is 1.07. The SMILES string of the molecule is CO[C@H]1[C@H](CNC(=O)C2(c3ccccc3F)CC2)COC[C@H]1OC. The van der Waals surface area contributed by atoms with Crippen molar-refractivity contribution in [1.29, 1.82) is 0 Å². The van der Waals surface area contributed by atoms with Gasteiger partial charge in [0.05, 0.1) is 24.7 Å². The Morgan fingerprint density at radius 2 is 2.04 bits per heavy atom. The van der Waals surface area contributed by atoms with E-state index in [2.05, 4.69) is 5.32 Å². The van der Waals surface area contributed by atoms with Crippen molar-refractivity contribution >= 4 is 5.91 Å². The minimum absolute atomic E-state index is 0.00840. The quantitative estimate of drug-likeness (QED) is 0.858. The molecule has 1 saturated heterocycles. The molecule has 1 heterocycles. The molecule has 0 spiro atoms. The van der Waals surface area contributed by atoms with Crippen molar-refractivity contribution in [2.75, 3.05) is 34.0 Å². The Labute approximate surface area is 141 Å². The zero-order valence-corrected chi connectivity index (χ0v) is 14.1. The predicted molar refractivity (Wildman–Crippen MR) is 86.2 cm³/mol. The van der Waals surface area contributed by atoms with E-state index < -0.39 is 5.41 Å². The van der Waals surface area contributed by atoms with Gasteiger partial charge in [0.2, 0.25) is 5.91 Å². The van der Waals surface area contributed by atoms with Crippen molar-refractivity contribution in [2.45, 2.75) is 30.5 Å². The summed E-state index contributed by atoms with van der Waals surface area (Å²) in [6.45, 7) is 1.41. The Morgan fingerprint density at radius 1 is 1.29 bits per heavy atom. The maximum absolute atomic E-state index is 14.1. The molecular formula is C18H24FNO4. The summed E-state index contributed by atoms with van der Waals surface area (Å²) in [6, 6.07) is 6.51. The van der Waals surface area contributed by atoms with E-state index in [-0.39, 0.29) is 29.9 Å². The Morgan fingerprint density at radius 3 is 2.67 bits per heavy atom. The van der Waals surface area contributed by atoms with Crippen LogP contribution in [0.25, 0.3) is 0 Å². The highest BCUT2D eigenvalue weighted by atomic mass is 19.1. The summed E-state index contributed by atoms with van der Waals surface area (Å²) in [5.74, 6) is -0.434. The summed E-state index contributed by atoms with van der Waals surface area (Å²) in [7, 11) is 3.26. The molecule has 1 aromatic carbocycles. The molecule has 0 radical (unpaired) electrons. The van der Waals surface area contributed by atoms with Crippen LogP contribution in [0.2, 0.25) is 0 Å². The summed E-state index contributed by atoms with van der Waals surface area (Å²) < 4.78 is 30.5. The standard InChI is InChI=1S/C18H24FNO4/c1-22-15-11-24-10-12(16(15)23-2)9-20-17(21)18(7-8-18)13-5-3-4-6-14(13)19/h3-6,12,15-16H,7-11H2,1-2H3,(H,20,21)/t12-,15-,16+/m1/s1. The van der Waals surface area contributed by atoms with Crippen LogP contribution in [-0.4, -0.2) is 52.1 Å². The van der Waals surface area contributed by atoms with Crippen LogP contribution in [0.1, 0.15) is 18.4 Å². The Balaban J connectivity index is 1.64. The number of halogens is 1. The highest BCUT2D eigenvalue weighted by molar-refractivity contribution is 5.91. The van der Waals surface area contributed by atoms with Gasteiger partial charge in [0.1, 0.15) is 11.9 Å². The summed E-state index contributed by atoms with van der Waals surface area (Å²) in [5, 5.41) is 2.97. The monoisotopic (exact) mass is 337 g/mol. The van der Waals surface area contributed by atoms with Gasteiger partial charge in [-0.2, -0.15) is 0 Å². The van der Waals surface area contributed by atoms with Crippen LogP contribution in [0.15, 0.2) is 24.3 Å². The number of ether oxygens (including phenoxy) is 3. The molecule has 24 heavy (non-hydrogen) atoms. The van der Waals surface area contributed by atoms with Gasteiger partial charge in [-0.05, 0) is 18.9 Å². The van der Waals surface area contributed by atoms with Gasteiger partial charge in [-0.15, -0.1) is 0 Å². The number of nitrogens with one attached hydrogen (secondary N) is 1.